The van der Waals surface area contributed by atoms with Gasteiger partial charge in [0.15, 0.2) is 11.5 Å². The van der Waals surface area contributed by atoms with Crippen molar-refractivity contribution in [2.75, 3.05) is 23.8 Å². The minimum absolute atomic E-state index is 0.0742. The standard InChI is InChI=1S/C26H23FN2O5/c1-3-32-21-14-9-16(15-22(21)33-4-2)25(30)29-23-19-7-5-6-8-20(19)34-24(23)26(31)28-18-12-10-17(27)11-13-18/h5-15H,3-4H2,1-2H3,(H,28,31)(H,29,30). The molecule has 0 spiro atoms. The van der Waals surface area contributed by atoms with Gasteiger partial charge in [-0.05, 0) is 68.4 Å². The van der Waals surface area contributed by atoms with Crippen LogP contribution in [0.3, 0.4) is 0 Å². The Kier molecular flexibility index (Phi) is 6.77. The van der Waals surface area contributed by atoms with Gasteiger partial charge in [0.05, 0.1) is 13.2 Å². The van der Waals surface area contributed by atoms with Gasteiger partial charge >= 0.3 is 0 Å². The maximum atomic E-state index is 13.2. The first kappa shape index (κ1) is 22.8. The van der Waals surface area contributed by atoms with E-state index in [0.29, 0.717) is 46.9 Å². The summed E-state index contributed by atoms with van der Waals surface area (Å²) in [6, 6.07) is 17.2. The summed E-state index contributed by atoms with van der Waals surface area (Å²) in [7, 11) is 0. The van der Waals surface area contributed by atoms with E-state index in [4.69, 9.17) is 13.9 Å². The second-order valence-electron chi connectivity index (χ2n) is 7.25. The molecule has 34 heavy (non-hydrogen) atoms. The van der Waals surface area contributed by atoms with Gasteiger partial charge in [0.25, 0.3) is 11.8 Å². The number of hydrogen-bond donors (Lipinski definition) is 2. The maximum Gasteiger partial charge on any atom is 0.293 e. The zero-order valence-corrected chi connectivity index (χ0v) is 18.7. The molecule has 4 aromatic rings. The third-order valence-corrected chi connectivity index (χ3v) is 4.95. The molecule has 2 amide bonds. The van der Waals surface area contributed by atoms with E-state index in [-0.39, 0.29) is 11.4 Å². The fourth-order valence-corrected chi connectivity index (χ4v) is 3.43. The van der Waals surface area contributed by atoms with Crippen LogP contribution in [0.5, 0.6) is 11.5 Å². The van der Waals surface area contributed by atoms with Crippen molar-refractivity contribution in [2.24, 2.45) is 0 Å². The highest BCUT2D eigenvalue weighted by Crippen LogP contribution is 2.33. The van der Waals surface area contributed by atoms with Crippen LogP contribution in [0, 0.1) is 5.82 Å². The van der Waals surface area contributed by atoms with Crippen molar-refractivity contribution in [3.05, 3.63) is 83.9 Å². The number of benzene rings is 3. The molecule has 1 heterocycles. The van der Waals surface area contributed by atoms with E-state index in [9.17, 15) is 14.0 Å². The molecular formula is C26H23FN2O5. The van der Waals surface area contributed by atoms with Crippen LogP contribution in [0.15, 0.2) is 71.1 Å². The van der Waals surface area contributed by atoms with Crippen molar-refractivity contribution in [1.82, 2.24) is 0 Å². The number of carbonyl (C=O) groups is 2. The molecule has 0 aliphatic rings. The molecule has 7 nitrogen and oxygen atoms in total. The van der Waals surface area contributed by atoms with Gasteiger partial charge in [-0.25, -0.2) is 4.39 Å². The number of furan rings is 1. The average molecular weight is 462 g/mol. The van der Waals surface area contributed by atoms with Gasteiger partial charge in [0.2, 0.25) is 5.76 Å². The molecule has 1 aromatic heterocycles. The Labute approximate surface area is 195 Å². The number of fused-ring (bicyclic) bond motifs is 1. The monoisotopic (exact) mass is 462 g/mol. The van der Waals surface area contributed by atoms with Gasteiger partial charge in [-0.15, -0.1) is 0 Å². The summed E-state index contributed by atoms with van der Waals surface area (Å²) in [5.74, 6) is -0.546. The van der Waals surface area contributed by atoms with Crippen molar-refractivity contribution >= 4 is 34.2 Å². The number of nitrogens with one attached hydrogen (secondary N) is 2. The Hall–Kier alpha value is -4.33. The molecule has 0 aliphatic carbocycles. The van der Waals surface area contributed by atoms with Crippen LogP contribution in [0.25, 0.3) is 11.0 Å². The SMILES string of the molecule is CCOc1ccc(C(=O)Nc2c(C(=O)Nc3ccc(F)cc3)oc3ccccc23)cc1OCC. The van der Waals surface area contributed by atoms with Crippen LogP contribution in [0.1, 0.15) is 34.8 Å². The second kappa shape index (κ2) is 10.1. The summed E-state index contributed by atoms with van der Waals surface area (Å²) in [5.41, 5.74) is 1.37. The lowest BCUT2D eigenvalue weighted by Crippen LogP contribution is -2.17. The molecule has 4 rings (SSSR count). The van der Waals surface area contributed by atoms with E-state index in [1.165, 1.54) is 24.3 Å². The molecule has 0 fully saturated rings. The minimum Gasteiger partial charge on any atom is -0.490 e. The molecule has 0 aliphatic heterocycles. The van der Waals surface area contributed by atoms with Crippen LogP contribution in [-0.2, 0) is 0 Å². The Balaban J connectivity index is 1.66. The average Bonchev–Trinajstić information content (AvgIpc) is 3.20. The smallest absolute Gasteiger partial charge is 0.293 e. The third kappa shape index (κ3) is 4.85. The van der Waals surface area contributed by atoms with Gasteiger partial charge in [-0.3, -0.25) is 9.59 Å². The lowest BCUT2D eigenvalue weighted by atomic mass is 10.1. The van der Waals surface area contributed by atoms with Crippen molar-refractivity contribution in [2.45, 2.75) is 13.8 Å². The van der Waals surface area contributed by atoms with Crippen LogP contribution < -0.4 is 20.1 Å². The van der Waals surface area contributed by atoms with Gasteiger partial charge in [-0.2, -0.15) is 0 Å². The second-order valence-corrected chi connectivity index (χ2v) is 7.25. The fraction of sp³-hybridized carbons (Fsp3) is 0.154. The zero-order chi connectivity index (χ0) is 24.1. The van der Waals surface area contributed by atoms with Crippen molar-refractivity contribution < 1.29 is 27.9 Å². The first-order valence-electron chi connectivity index (χ1n) is 10.8. The van der Waals surface area contributed by atoms with Gasteiger partial charge in [-0.1, -0.05) is 12.1 Å². The van der Waals surface area contributed by atoms with E-state index in [0.717, 1.165) is 0 Å². The molecule has 0 unspecified atom stereocenters. The van der Waals surface area contributed by atoms with Crippen molar-refractivity contribution in [1.29, 1.82) is 0 Å². The predicted molar refractivity (Wildman–Crippen MR) is 127 cm³/mol. The molecule has 0 saturated heterocycles. The first-order chi connectivity index (χ1) is 16.5. The Bertz CT molecular complexity index is 1330. The Morgan fingerprint density at radius 1 is 0.853 bits per heavy atom. The van der Waals surface area contributed by atoms with Crippen LogP contribution >= 0.6 is 0 Å². The Morgan fingerprint density at radius 2 is 1.56 bits per heavy atom. The number of amides is 2. The largest absolute Gasteiger partial charge is 0.490 e. The highest BCUT2D eigenvalue weighted by atomic mass is 19.1. The van der Waals surface area contributed by atoms with Gasteiger partial charge in [0.1, 0.15) is 17.1 Å². The number of anilines is 2. The number of ether oxygens (including phenoxy) is 2. The summed E-state index contributed by atoms with van der Waals surface area (Å²) in [6.07, 6.45) is 0. The molecule has 0 radical (unpaired) electrons. The number of rotatable bonds is 8. The summed E-state index contributed by atoms with van der Waals surface area (Å²) < 4.78 is 30.1. The topological polar surface area (TPSA) is 89.8 Å². The van der Waals surface area contributed by atoms with Crippen molar-refractivity contribution in [3.8, 4) is 11.5 Å². The molecule has 0 atom stereocenters. The predicted octanol–water partition coefficient (Wildman–Crippen LogP) is 5.87. The lowest BCUT2D eigenvalue weighted by Gasteiger charge is -2.12. The molecule has 2 N–H and O–H groups in total. The number of para-hydroxylation sites is 1. The highest BCUT2D eigenvalue weighted by molar-refractivity contribution is 6.17. The third-order valence-electron chi connectivity index (χ3n) is 4.95. The zero-order valence-electron chi connectivity index (χ0n) is 18.7. The number of carbonyl (C=O) groups excluding carboxylic acids is 2. The maximum absolute atomic E-state index is 13.2. The summed E-state index contributed by atoms with van der Waals surface area (Å²) >= 11 is 0. The summed E-state index contributed by atoms with van der Waals surface area (Å²) in [6.45, 7) is 4.56. The summed E-state index contributed by atoms with van der Waals surface area (Å²) in [5, 5.41) is 6.02. The van der Waals surface area contributed by atoms with E-state index >= 15 is 0 Å². The molecule has 0 bridgehead atoms. The van der Waals surface area contributed by atoms with Crippen LogP contribution in [0.4, 0.5) is 15.8 Å². The minimum atomic E-state index is -0.584. The molecular weight excluding hydrogens is 439 g/mol. The summed E-state index contributed by atoms with van der Waals surface area (Å²) in [4.78, 5) is 26.1. The molecule has 3 aromatic carbocycles. The molecule has 174 valence electrons. The molecule has 8 heteroatoms. The number of hydrogen-bond acceptors (Lipinski definition) is 5. The Morgan fingerprint density at radius 3 is 2.29 bits per heavy atom. The molecule has 0 saturated carbocycles. The quantitative estimate of drug-likeness (QED) is 0.342. The van der Waals surface area contributed by atoms with E-state index < -0.39 is 17.6 Å². The van der Waals surface area contributed by atoms with E-state index in [2.05, 4.69) is 10.6 Å². The van der Waals surface area contributed by atoms with Gasteiger partial charge in [0, 0.05) is 16.6 Å². The van der Waals surface area contributed by atoms with Crippen LogP contribution in [0.2, 0.25) is 0 Å². The van der Waals surface area contributed by atoms with Crippen LogP contribution in [-0.4, -0.2) is 25.0 Å². The fourth-order valence-electron chi connectivity index (χ4n) is 3.43. The van der Waals surface area contributed by atoms with E-state index in [1.54, 1.807) is 42.5 Å². The lowest BCUT2D eigenvalue weighted by molar-refractivity contribution is 0.0999. The van der Waals surface area contributed by atoms with Crippen molar-refractivity contribution in [3.63, 3.8) is 0 Å². The first-order valence-corrected chi connectivity index (χ1v) is 10.8. The number of halogens is 1. The highest BCUT2D eigenvalue weighted by Gasteiger charge is 2.23. The van der Waals surface area contributed by atoms with E-state index in [1.807, 2.05) is 13.8 Å². The van der Waals surface area contributed by atoms with Gasteiger partial charge < -0.3 is 24.5 Å². The normalized spacial score (nSPS) is 10.7.